The molecule has 0 aliphatic carbocycles. The third kappa shape index (κ3) is 3.82. The number of hydrogen-bond donors (Lipinski definition) is 1. The number of likely N-dealkylation sites (tertiary alicyclic amines) is 1. The van der Waals surface area contributed by atoms with E-state index in [1.54, 1.807) is 11.0 Å². The molecule has 1 N–H and O–H groups in total. The zero-order chi connectivity index (χ0) is 17.6. The molecule has 0 aromatic heterocycles. The van der Waals surface area contributed by atoms with Gasteiger partial charge in [0.2, 0.25) is 6.41 Å². The van der Waals surface area contributed by atoms with Crippen molar-refractivity contribution in [1.82, 2.24) is 4.90 Å². The number of nitriles is 1. The van der Waals surface area contributed by atoms with E-state index in [-0.39, 0.29) is 25.2 Å². The van der Waals surface area contributed by atoms with Crippen LogP contribution < -0.4 is 4.74 Å². The number of piperidine rings is 1. The van der Waals surface area contributed by atoms with Gasteiger partial charge in [-0.15, -0.1) is 0 Å². The van der Waals surface area contributed by atoms with Crippen LogP contribution in [0.15, 0.2) is 18.2 Å². The Bertz CT molecular complexity index is 648. The summed E-state index contributed by atoms with van der Waals surface area (Å²) < 4.78 is 19.7. The number of carboxylic acids is 1. The molecule has 6 nitrogen and oxygen atoms in total. The van der Waals surface area contributed by atoms with Gasteiger partial charge < -0.3 is 14.7 Å². The number of carbonyl (C=O) groups excluding carboxylic acids is 1. The van der Waals surface area contributed by atoms with Gasteiger partial charge in [-0.05, 0) is 25.3 Å². The Morgan fingerprint density at radius 3 is 2.75 bits per heavy atom. The van der Waals surface area contributed by atoms with Gasteiger partial charge in [-0.1, -0.05) is 12.1 Å². The summed E-state index contributed by atoms with van der Waals surface area (Å²) in [5.74, 6) is -1.51. The van der Waals surface area contributed by atoms with Gasteiger partial charge in [0.15, 0.2) is 11.6 Å². The quantitative estimate of drug-likeness (QED) is 0.609. The number of aliphatic carboxylic acids is 1. The first-order valence-corrected chi connectivity index (χ1v) is 7.76. The van der Waals surface area contributed by atoms with Crippen molar-refractivity contribution >= 4 is 12.4 Å². The van der Waals surface area contributed by atoms with Gasteiger partial charge >= 0.3 is 5.97 Å². The van der Waals surface area contributed by atoms with Gasteiger partial charge in [0.1, 0.15) is 0 Å². The van der Waals surface area contributed by atoms with E-state index in [0.29, 0.717) is 31.5 Å². The lowest BCUT2D eigenvalue weighted by Crippen LogP contribution is -2.41. The Labute approximate surface area is 139 Å². The van der Waals surface area contributed by atoms with Crippen LogP contribution >= 0.6 is 0 Å². The highest BCUT2D eigenvalue weighted by molar-refractivity contribution is 5.66. The molecule has 0 atom stereocenters. The molecule has 0 radical (unpaired) electrons. The molecule has 0 spiro atoms. The number of hydrogen-bond acceptors (Lipinski definition) is 4. The van der Waals surface area contributed by atoms with Crippen molar-refractivity contribution in [1.29, 1.82) is 5.26 Å². The van der Waals surface area contributed by atoms with E-state index in [0.717, 1.165) is 6.41 Å². The van der Waals surface area contributed by atoms with Crippen molar-refractivity contribution in [2.75, 3.05) is 19.7 Å². The van der Waals surface area contributed by atoms with Crippen molar-refractivity contribution in [3.8, 4) is 11.8 Å². The highest BCUT2D eigenvalue weighted by atomic mass is 19.1. The van der Waals surface area contributed by atoms with Crippen LogP contribution in [0.3, 0.4) is 0 Å². The molecule has 1 aromatic carbocycles. The summed E-state index contributed by atoms with van der Waals surface area (Å²) in [5, 5.41) is 18.3. The van der Waals surface area contributed by atoms with E-state index in [1.807, 2.05) is 0 Å². The number of benzene rings is 1. The van der Waals surface area contributed by atoms with Gasteiger partial charge in [-0.25, -0.2) is 4.39 Å². The molecule has 1 amide bonds. The minimum Gasteiger partial charge on any atom is -0.490 e. The molecule has 7 heteroatoms. The fourth-order valence-corrected chi connectivity index (χ4v) is 2.88. The van der Waals surface area contributed by atoms with E-state index in [1.165, 1.54) is 12.1 Å². The molecular weight excluding hydrogens is 315 g/mol. The Kier molecular flexibility index (Phi) is 5.74. The number of nitrogens with zero attached hydrogens (tertiary/aromatic N) is 2. The topological polar surface area (TPSA) is 90.6 Å². The maximum atomic E-state index is 14.2. The van der Waals surface area contributed by atoms with Gasteiger partial charge in [-0.3, -0.25) is 9.59 Å². The minimum atomic E-state index is -0.943. The Morgan fingerprint density at radius 1 is 1.46 bits per heavy atom. The molecule has 128 valence electrons. The number of ether oxygens (including phenoxy) is 1. The number of para-hydroxylation sites is 1. The summed E-state index contributed by atoms with van der Waals surface area (Å²) in [7, 11) is 0. The molecule has 0 bridgehead atoms. The van der Waals surface area contributed by atoms with Gasteiger partial charge in [0.05, 0.1) is 18.1 Å². The number of carboxylic acid groups (broad SMARTS) is 1. The minimum absolute atomic E-state index is 0.00370. The molecule has 2 rings (SSSR count). The molecule has 1 heterocycles. The summed E-state index contributed by atoms with van der Waals surface area (Å²) in [5.41, 5.74) is -0.449. The molecule has 1 saturated heterocycles. The second kappa shape index (κ2) is 7.77. The Hall–Kier alpha value is -2.62. The predicted molar refractivity (Wildman–Crippen MR) is 82.9 cm³/mol. The van der Waals surface area contributed by atoms with E-state index in [4.69, 9.17) is 9.84 Å². The van der Waals surface area contributed by atoms with Crippen molar-refractivity contribution in [2.45, 2.75) is 31.1 Å². The van der Waals surface area contributed by atoms with Crippen LogP contribution in [0.4, 0.5) is 4.39 Å². The lowest BCUT2D eigenvalue weighted by Gasteiger charge is -2.36. The molecule has 1 aliphatic heterocycles. The first-order valence-electron chi connectivity index (χ1n) is 7.76. The lowest BCUT2D eigenvalue weighted by molar-refractivity contribution is -0.137. The van der Waals surface area contributed by atoms with Crippen LogP contribution in [-0.2, 0) is 15.0 Å². The fraction of sp³-hybridized carbons (Fsp3) is 0.471. The molecule has 1 aliphatic rings. The molecule has 0 saturated carbocycles. The first-order chi connectivity index (χ1) is 11.5. The smallest absolute Gasteiger partial charge is 0.303 e. The molecule has 24 heavy (non-hydrogen) atoms. The molecule has 1 aromatic rings. The summed E-state index contributed by atoms with van der Waals surface area (Å²) in [6.45, 7) is 0.903. The van der Waals surface area contributed by atoms with Crippen LogP contribution in [0, 0.1) is 17.1 Å². The number of carbonyl (C=O) groups is 2. The number of amides is 1. The predicted octanol–water partition coefficient (Wildman–Crippen LogP) is 2.08. The zero-order valence-electron chi connectivity index (χ0n) is 13.2. The third-order valence-corrected chi connectivity index (χ3v) is 4.28. The molecule has 0 unspecified atom stereocenters. The fourth-order valence-electron chi connectivity index (χ4n) is 2.88. The van der Waals surface area contributed by atoms with Crippen molar-refractivity contribution in [2.24, 2.45) is 0 Å². The van der Waals surface area contributed by atoms with Crippen LogP contribution in [0.5, 0.6) is 5.75 Å². The summed E-state index contributed by atoms with van der Waals surface area (Å²) >= 11 is 0. The van der Waals surface area contributed by atoms with E-state index < -0.39 is 17.2 Å². The van der Waals surface area contributed by atoms with E-state index >= 15 is 0 Å². The molecule has 1 fully saturated rings. The summed E-state index contributed by atoms with van der Waals surface area (Å²) in [4.78, 5) is 23.0. The van der Waals surface area contributed by atoms with E-state index in [2.05, 4.69) is 6.07 Å². The average Bonchev–Trinajstić information content (AvgIpc) is 2.59. The SMILES string of the molecule is N#CC1(c2cccc(F)c2OCCCC(=O)O)CCN(C=O)CC1. The standard InChI is InChI=1S/C17H19FN2O4/c18-14-4-1-3-13(16(14)24-10-2-5-15(22)23)17(11-19)6-8-20(12-21)9-7-17/h1,3-4,12H,2,5-10H2,(H,22,23). The van der Waals surface area contributed by atoms with Crippen molar-refractivity contribution < 1.29 is 23.8 Å². The highest BCUT2D eigenvalue weighted by Gasteiger charge is 2.39. The monoisotopic (exact) mass is 334 g/mol. The average molecular weight is 334 g/mol. The van der Waals surface area contributed by atoms with Crippen LogP contribution in [0.1, 0.15) is 31.2 Å². The number of halogens is 1. The van der Waals surface area contributed by atoms with Crippen LogP contribution in [-0.4, -0.2) is 42.1 Å². The zero-order valence-corrected chi connectivity index (χ0v) is 13.2. The van der Waals surface area contributed by atoms with Gasteiger partial charge in [0, 0.05) is 25.1 Å². The van der Waals surface area contributed by atoms with Gasteiger partial charge in [0.25, 0.3) is 0 Å². The van der Waals surface area contributed by atoms with Crippen LogP contribution in [0.25, 0.3) is 0 Å². The lowest BCUT2D eigenvalue weighted by atomic mass is 9.73. The van der Waals surface area contributed by atoms with Crippen LogP contribution in [0.2, 0.25) is 0 Å². The number of rotatable bonds is 7. The maximum absolute atomic E-state index is 14.2. The highest BCUT2D eigenvalue weighted by Crippen LogP contribution is 2.40. The third-order valence-electron chi connectivity index (χ3n) is 4.28. The first kappa shape index (κ1) is 17.7. The Morgan fingerprint density at radius 2 is 2.17 bits per heavy atom. The largest absolute Gasteiger partial charge is 0.490 e. The second-order valence-corrected chi connectivity index (χ2v) is 5.80. The maximum Gasteiger partial charge on any atom is 0.303 e. The van der Waals surface area contributed by atoms with Crippen molar-refractivity contribution in [3.63, 3.8) is 0 Å². The summed E-state index contributed by atoms with van der Waals surface area (Å²) in [6.07, 6.45) is 1.73. The summed E-state index contributed by atoms with van der Waals surface area (Å²) in [6, 6.07) is 6.71. The second-order valence-electron chi connectivity index (χ2n) is 5.80. The van der Waals surface area contributed by atoms with E-state index in [9.17, 15) is 19.2 Å². The normalized spacial score (nSPS) is 16.2. The molecular formula is C17H19FN2O4. The van der Waals surface area contributed by atoms with Gasteiger partial charge in [-0.2, -0.15) is 5.26 Å². The Balaban J connectivity index is 2.22. The van der Waals surface area contributed by atoms with Crippen molar-refractivity contribution in [3.05, 3.63) is 29.6 Å².